The fourth-order valence-corrected chi connectivity index (χ4v) is 8.42. The molecule has 2 aromatic heterocycles. The van der Waals surface area contributed by atoms with Gasteiger partial charge in [-0.05, 0) is 82.9 Å². The molecule has 0 saturated carbocycles. The van der Waals surface area contributed by atoms with E-state index in [2.05, 4.69) is 69.8 Å². The highest BCUT2D eigenvalue weighted by atomic mass is 19.4. The topological polar surface area (TPSA) is 57.4 Å². The Morgan fingerprint density at radius 3 is 1.34 bits per heavy atom. The maximum atomic E-state index is 14.2. The van der Waals surface area contributed by atoms with Crippen molar-refractivity contribution in [1.29, 1.82) is 10.5 Å². The van der Waals surface area contributed by atoms with Crippen molar-refractivity contribution in [2.45, 2.75) is 6.18 Å². The molecule has 0 aliphatic rings. The molecule has 0 aliphatic heterocycles. The van der Waals surface area contributed by atoms with Crippen LogP contribution >= 0.6 is 0 Å². The predicted octanol–water partition coefficient (Wildman–Crippen LogP) is 13.6. The standard InChI is InChI=1S/C51H29F3N4/c52-51(53,54)38-21-22-39(37(27-38)31-56)50-48(57-44-17-9-7-15-40(44)42-28-35(19-23-46(42)57)33-11-3-1-4-12-33)25-32(30-55)26-49(50)58-45-18-10-8-16-41(45)43-29-36(20-24-47(43)58)34-13-5-2-6-14-34/h1-29H. The van der Waals surface area contributed by atoms with Gasteiger partial charge in [0.15, 0.2) is 0 Å². The van der Waals surface area contributed by atoms with Gasteiger partial charge in [-0.15, -0.1) is 0 Å². The van der Waals surface area contributed by atoms with Gasteiger partial charge in [-0.2, -0.15) is 23.7 Å². The van der Waals surface area contributed by atoms with Gasteiger partial charge >= 0.3 is 6.18 Å². The molecule has 274 valence electrons. The molecule has 0 amide bonds. The first-order valence-electron chi connectivity index (χ1n) is 18.7. The van der Waals surface area contributed by atoms with Crippen molar-refractivity contribution in [1.82, 2.24) is 9.13 Å². The Labute approximate surface area is 331 Å². The van der Waals surface area contributed by atoms with E-state index in [1.165, 1.54) is 6.07 Å². The first kappa shape index (κ1) is 34.6. The van der Waals surface area contributed by atoms with Crippen molar-refractivity contribution in [2.24, 2.45) is 0 Å². The van der Waals surface area contributed by atoms with E-state index in [1.807, 2.05) is 97.1 Å². The van der Waals surface area contributed by atoms with Gasteiger partial charge in [-0.1, -0.05) is 115 Å². The molecule has 0 saturated heterocycles. The summed E-state index contributed by atoms with van der Waals surface area (Å²) in [6, 6.07) is 60.0. The lowest BCUT2D eigenvalue weighted by atomic mass is 9.93. The maximum absolute atomic E-state index is 14.2. The van der Waals surface area contributed by atoms with Crippen molar-refractivity contribution >= 4 is 43.6 Å². The third-order valence-corrected chi connectivity index (χ3v) is 11.0. The molecule has 0 spiro atoms. The average molecular weight is 755 g/mol. The Hall–Kier alpha value is -7.87. The molecular weight excluding hydrogens is 726 g/mol. The van der Waals surface area contributed by atoms with Gasteiger partial charge in [0, 0.05) is 32.7 Å². The molecule has 0 bridgehead atoms. The molecule has 0 atom stereocenters. The summed E-state index contributed by atoms with van der Waals surface area (Å²) in [5, 5.41) is 25.1. The van der Waals surface area contributed by atoms with Gasteiger partial charge in [0.1, 0.15) is 0 Å². The summed E-state index contributed by atoms with van der Waals surface area (Å²) in [6.45, 7) is 0. The summed E-state index contributed by atoms with van der Waals surface area (Å²) in [4.78, 5) is 0. The lowest BCUT2D eigenvalue weighted by Gasteiger charge is -2.22. The van der Waals surface area contributed by atoms with Crippen LogP contribution in [0.2, 0.25) is 0 Å². The van der Waals surface area contributed by atoms with E-state index in [0.29, 0.717) is 28.1 Å². The smallest absolute Gasteiger partial charge is 0.308 e. The first-order valence-corrected chi connectivity index (χ1v) is 18.7. The zero-order valence-corrected chi connectivity index (χ0v) is 30.7. The van der Waals surface area contributed by atoms with Crippen LogP contribution in [0.3, 0.4) is 0 Å². The number of hydrogen-bond acceptors (Lipinski definition) is 2. The zero-order chi connectivity index (χ0) is 39.5. The molecule has 7 heteroatoms. The average Bonchev–Trinajstić information content (AvgIpc) is 3.78. The van der Waals surface area contributed by atoms with E-state index in [9.17, 15) is 23.7 Å². The van der Waals surface area contributed by atoms with E-state index >= 15 is 0 Å². The fraction of sp³-hybridized carbons (Fsp3) is 0.0196. The van der Waals surface area contributed by atoms with Crippen LogP contribution in [-0.4, -0.2) is 9.13 Å². The number of aromatic nitrogens is 2. The van der Waals surface area contributed by atoms with Crippen LogP contribution in [0.1, 0.15) is 16.7 Å². The Morgan fingerprint density at radius 1 is 0.414 bits per heavy atom. The van der Waals surface area contributed by atoms with Crippen LogP contribution < -0.4 is 0 Å². The molecule has 8 aromatic carbocycles. The summed E-state index contributed by atoms with van der Waals surface area (Å²) >= 11 is 0. The van der Waals surface area contributed by atoms with Crippen LogP contribution in [0.4, 0.5) is 13.2 Å². The van der Waals surface area contributed by atoms with Crippen molar-refractivity contribution in [2.75, 3.05) is 0 Å². The number of para-hydroxylation sites is 2. The normalized spacial score (nSPS) is 11.7. The highest BCUT2D eigenvalue weighted by molar-refractivity contribution is 6.13. The second kappa shape index (κ2) is 13.4. The summed E-state index contributed by atoms with van der Waals surface area (Å²) < 4.78 is 46.7. The van der Waals surface area contributed by atoms with Gasteiger partial charge < -0.3 is 9.13 Å². The molecule has 0 N–H and O–H groups in total. The summed E-state index contributed by atoms with van der Waals surface area (Å²) in [5.74, 6) is 0. The minimum atomic E-state index is -4.66. The zero-order valence-electron chi connectivity index (χ0n) is 30.7. The van der Waals surface area contributed by atoms with Crippen LogP contribution in [0.5, 0.6) is 0 Å². The Bertz CT molecular complexity index is 3160. The van der Waals surface area contributed by atoms with E-state index < -0.39 is 11.7 Å². The second-order valence-corrected chi connectivity index (χ2v) is 14.3. The third kappa shape index (κ3) is 5.52. The summed E-state index contributed by atoms with van der Waals surface area (Å²) in [6.07, 6.45) is -4.66. The molecule has 0 fully saturated rings. The minimum Gasteiger partial charge on any atom is -0.308 e. The summed E-state index contributed by atoms with van der Waals surface area (Å²) in [5.41, 5.74) is 8.72. The number of nitrogens with zero attached hydrogens (tertiary/aromatic N) is 4. The molecule has 58 heavy (non-hydrogen) atoms. The largest absolute Gasteiger partial charge is 0.416 e. The van der Waals surface area contributed by atoms with Gasteiger partial charge in [0.2, 0.25) is 0 Å². The molecular formula is C51H29F3N4. The highest BCUT2D eigenvalue weighted by Crippen LogP contribution is 2.45. The SMILES string of the molecule is N#Cc1cc(-n2c3ccccc3c3cc(-c4ccccc4)ccc32)c(-c2ccc(C(F)(F)F)cc2C#N)c(-n2c3ccccc3c3cc(-c4ccccc4)ccc32)c1. The summed E-state index contributed by atoms with van der Waals surface area (Å²) in [7, 11) is 0. The molecule has 2 heterocycles. The lowest BCUT2D eigenvalue weighted by Crippen LogP contribution is -2.08. The van der Waals surface area contributed by atoms with Crippen molar-refractivity contribution in [3.05, 3.63) is 193 Å². The van der Waals surface area contributed by atoms with E-state index in [4.69, 9.17) is 0 Å². The number of benzene rings is 8. The first-order chi connectivity index (χ1) is 28.3. The number of halogens is 3. The highest BCUT2D eigenvalue weighted by Gasteiger charge is 2.32. The van der Waals surface area contributed by atoms with Crippen LogP contribution in [-0.2, 0) is 6.18 Å². The number of rotatable bonds is 5. The van der Waals surface area contributed by atoms with Crippen LogP contribution in [0, 0.1) is 22.7 Å². The molecule has 4 nitrogen and oxygen atoms in total. The monoisotopic (exact) mass is 754 g/mol. The quantitative estimate of drug-likeness (QED) is 0.176. The van der Waals surface area contributed by atoms with Gasteiger partial charge in [-0.3, -0.25) is 0 Å². The molecule has 10 aromatic rings. The van der Waals surface area contributed by atoms with E-state index in [1.54, 1.807) is 12.1 Å². The molecule has 0 unspecified atom stereocenters. The van der Waals surface area contributed by atoms with Gasteiger partial charge in [-0.25, -0.2) is 0 Å². The second-order valence-electron chi connectivity index (χ2n) is 14.3. The van der Waals surface area contributed by atoms with Crippen LogP contribution in [0.25, 0.3) is 88.4 Å². The van der Waals surface area contributed by atoms with E-state index in [-0.39, 0.29) is 5.56 Å². The molecule has 10 rings (SSSR count). The van der Waals surface area contributed by atoms with Crippen LogP contribution in [0.15, 0.2) is 176 Å². The van der Waals surface area contributed by atoms with Crippen molar-refractivity contribution in [3.8, 4) is 56.9 Å². The Kier molecular flexibility index (Phi) is 8.00. The lowest BCUT2D eigenvalue weighted by molar-refractivity contribution is -0.137. The number of fused-ring (bicyclic) bond motifs is 6. The Balaban J connectivity index is 1.35. The van der Waals surface area contributed by atoms with Crippen molar-refractivity contribution < 1.29 is 13.2 Å². The number of nitriles is 2. The predicted molar refractivity (Wildman–Crippen MR) is 226 cm³/mol. The minimum absolute atomic E-state index is 0.138. The van der Waals surface area contributed by atoms with Crippen molar-refractivity contribution in [3.63, 3.8) is 0 Å². The fourth-order valence-electron chi connectivity index (χ4n) is 8.42. The molecule has 0 radical (unpaired) electrons. The van der Waals surface area contributed by atoms with Gasteiger partial charge in [0.25, 0.3) is 0 Å². The van der Waals surface area contributed by atoms with Gasteiger partial charge in [0.05, 0.1) is 62.3 Å². The number of alkyl halides is 3. The third-order valence-electron chi connectivity index (χ3n) is 11.0. The maximum Gasteiger partial charge on any atom is 0.416 e. The van der Waals surface area contributed by atoms with E-state index in [0.717, 1.165) is 78.0 Å². The Morgan fingerprint density at radius 2 is 0.879 bits per heavy atom. The number of hydrogen-bond donors (Lipinski definition) is 0. The molecule has 0 aliphatic carbocycles.